The van der Waals surface area contributed by atoms with Crippen LogP contribution in [0.15, 0.2) is 60.7 Å². The van der Waals surface area contributed by atoms with E-state index in [-0.39, 0.29) is 31.9 Å². The van der Waals surface area contributed by atoms with E-state index in [4.69, 9.17) is 14.3 Å². The smallest absolute Gasteiger partial charge is 0.408 e. The Morgan fingerprint density at radius 2 is 1.30 bits per heavy atom. The summed E-state index contributed by atoms with van der Waals surface area (Å²) in [7, 11) is 2.64. The molecule has 0 unspecified atom stereocenters. The molecule has 252 valence electrons. The molecule has 13 heteroatoms. The molecular formula is C33H47N5O8. The normalized spacial score (nSPS) is 13.0. The lowest BCUT2D eigenvalue weighted by atomic mass is 10.0. The highest BCUT2D eigenvalue weighted by molar-refractivity contribution is 5.94. The molecule has 0 heterocycles. The van der Waals surface area contributed by atoms with Gasteiger partial charge in [-0.2, -0.15) is 0 Å². The maximum absolute atomic E-state index is 13.7. The number of rotatable bonds is 15. The molecule has 0 spiro atoms. The summed E-state index contributed by atoms with van der Waals surface area (Å²) in [6, 6.07) is 14.7. The van der Waals surface area contributed by atoms with Crippen LogP contribution in [0.25, 0.3) is 0 Å². The molecule has 2 rings (SSSR count). The zero-order valence-corrected chi connectivity index (χ0v) is 27.6. The lowest BCUT2D eigenvalue weighted by Gasteiger charge is -2.27. The van der Waals surface area contributed by atoms with Gasteiger partial charge < -0.3 is 30.7 Å². The second-order valence-electron chi connectivity index (χ2n) is 12.1. The predicted octanol–water partition coefficient (Wildman–Crippen LogP) is 3.08. The quantitative estimate of drug-likeness (QED) is 0.216. The van der Waals surface area contributed by atoms with Crippen LogP contribution in [0.2, 0.25) is 0 Å². The van der Waals surface area contributed by atoms with E-state index in [1.165, 1.54) is 14.2 Å². The van der Waals surface area contributed by atoms with E-state index in [0.29, 0.717) is 0 Å². The van der Waals surface area contributed by atoms with Gasteiger partial charge >= 0.3 is 12.2 Å². The van der Waals surface area contributed by atoms with Crippen LogP contribution in [0.4, 0.5) is 9.59 Å². The number of likely N-dealkylation sites (N-methyl/N-ethyl adjacent to an activating group) is 1. The standard InChI is InChI=1S/C33H47N5O8/c1-22(2)18-25(37-32(43)45-21-24-16-12-9-13-17-24)28(39)35-26(19-23-14-10-8-11-15-23)29(40)36-27(30(41)38(6)44-7)20-34-31(42)46-33(3,4)5/h8-17,22,25-27H,18-21H2,1-7H3,(H,34,42)(H,35,39)(H,36,40)(H,37,43)/t25-,26-,27-/m0/s1. The summed E-state index contributed by atoms with van der Waals surface area (Å²) in [5, 5.41) is 11.4. The Kier molecular flexibility index (Phi) is 15.0. The maximum Gasteiger partial charge on any atom is 0.408 e. The molecule has 0 fully saturated rings. The molecule has 0 aliphatic heterocycles. The first-order valence-corrected chi connectivity index (χ1v) is 15.1. The van der Waals surface area contributed by atoms with Gasteiger partial charge in [-0.3, -0.25) is 19.2 Å². The molecule has 2 aromatic rings. The Morgan fingerprint density at radius 1 is 0.761 bits per heavy atom. The van der Waals surface area contributed by atoms with Gasteiger partial charge in [-0.1, -0.05) is 74.5 Å². The molecule has 46 heavy (non-hydrogen) atoms. The van der Waals surface area contributed by atoms with Gasteiger partial charge in [0, 0.05) is 13.5 Å². The minimum Gasteiger partial charge on any atom is -0.445 e. The van der Waals surface area contributed by atoms with Crippen molar-refractivity contribution in [1.82, 2.24) is 26.3 Å². The third kappa shape index (κ3) is 14.0. The highest BCUT2D eigenvalue weighted by Gasteiger charge is 2.32. The first-order chi connectivity index (χ1) is 21.7. The molecule has 2 aromatic carbocycles. The second-order valence-corrected chi connectivity index (χ2v) is 12.1. The number of hydrogen-bond donors (Lipinski definition) is 4. The van der Waals surface area contributed by atoms with Crippen LogP contribution in [0, 0.1) is 5.92 Å². The van der Waals surface area contributed by atoms with Gasteiger partial charge in [0.1, 0.15) is 30.3 Å². The van der Waals surface area contributed by atoms with E-state index in [1.807, 2.05) is 50.2 Å². The Balaban J connectivity index is 2.24. The maximum atomic E-state index is 13.7. The Hall–Kier alpha value is -4.65. The van der Waals surface area contributed by atoms with Crippen molar-refractivity contribution in [1.29, 1.82) is 0 Å². The molecule has 13 nitrogen and oxygen atoms in total. The van der Waals surface area contributed by atoms with Crippen LogP contribution in [-0.4, -0.2) is 79.4 Å². The zero-order chi connectivity index (χ0) is 34.3. The van der Waals surface area contributed by atoms with Gasteiger partial charge in [0.25, 0.3) is 5.91 Å². The molecule has 3 atom stereocenters. The topological polar surface area (TPSA) is 164 Å². The third-order valence-electron chi connectivity index (χ3n) is 6.49. The third-order valence-corrected chi connectivity index (χ3v) is 6.49. The van der Waals surface area contributed by atoms with Gasteiger partial charge in [-0.05, 0) is 44.2 Å². The number of amides is 5. The largest absolute Gasteiger partial charge is 0.445 e. The second kappa shape index (κ2) is 18.4. The average Bonchev–Trinajstić information content (AvgIpc) is 3.00. The molecule has 5 amide bonds. The summed E-state index contributed by atoms with van der Waals surface area (Å²) >= 11 is 0. The van der Waals surface area contributed by atoms with Crippen LogP contribution in [0.3, 0.4) is 0 Å². The van der Waals surface area contributed by atoms with Crippen molar-refractivity contribution in [2.24, 2.45) is 5.92 Å². The van der Waals surface area contributed by atoms with Crippen LogP contribution < -0.4 is 21.3 Å². The fraction of sp³-hybridized carbons (Fsp3) is 0.485. The lowest BCUT2D eigenvalue weighted by molar-refractivity contribution is -0.171. The van der Waals surface area contributed by atoms with Crippen LogP contribution in [-0.2, 0) is 41.7 Å². The van der Waals surface area contributed by atoms with E-state index >= 15 is 0 Å². The number of benzene rings is 2. The first kappa shape index (κ1) is 37.5. The first-order valence-electron chi connectivity index (χ1n) is 15.1. The average molecular weight is 642 g/mol. The van der Waals surface area contributed by atoms with Crippen molar-refractivity contribution in [2.75, 3.05) is 20.7 Å². The number of nitrogens with one attached hydrogen (secondary N) is 4. The molecule has 0 radical (unpaired) electrons. The van der Waals surface area contributed by atoms with E-state index in [2.05, 4.69) is 21.3 Å². The summed E-state index contributed by atoms with van der Waals surface area (Å²) in [5.74, 6) is -1.94. The molecule has 0 aromatic heterocycles. The molecule has 0 aliphatic carbocycles. The molecule has 0 saturated carbocycles. The van der Waals surface area contributed by atoms with Crippen molar-refractivity contribution in [3.05, 3.63) is 71.8 Å². The van der Waals surface area contributed by atoms with Crippen molar-refractivity contribution in [3.8, 4) is 0 Å². The number of hydrogen-bond acceptors (Lipinski definition) is 8. The summed E-state index contributed by atoms with van der Waals surface area (Å²) in [4.78, 5) is 70.3. The molecule has 0 aliphatic rings. The summed E-state index contributed by atoms with van der Waals surface area (Å²) < 4.78 is 10.6. The summed E-state index contributed by atoms with van der Waals surface area (Å²) in [6.45, 7) is 8.57. The van der Waals surface area contributed by atoms with E-state index in [0.717, 1.165) is 16.2 Å². The minimum atomic E-state index is -1.27. The molecular weight excluding hydrogens is 594 g/mol. The van der Waals surface area contributed by atoms with Gasteiger partial charge in [-0.15, -0.1) is 0 Å². The number of nitrogens with zero attached hydrogens (tertiary/aromatic N) is 1. The monoisotopic (exact) mass is 641 g/mol. The zero-order valence-electron chi connectivity index (χ0n) is 27.6. The lowest BCUT2D eigenvalue weighted by Crippen LogP contribution is -2.59. The van der Waals surface area contributed by atoms with Gasteiger partial charge in [0.15, 0.2) is 0 Å². The number of carbonyl (C=O) groups excluding carboxylic acids is 5. The Morgan fingerprint density at radius 3 is 1.85 bits per heavy atom. The molecule has 0 saturated heterocycles. The highest BCUT2D eigenvalue weighted by Crippen LogP contribution is 2.10. The molecule has 0 bridgehead atoms. The fourth-order valence-corrected chi connectivity index (χ4v) is 4.22. The summed E-state index contributed by atoms with van der Waals surface area (Å²) in [5.41, 5.74) is 0.740. The number of hydroxylamine groups is 2. The summed E-state index contributed by atoms with van der Waals surface area (Å²) in [6.07, 6.45) is -1.22. The highest BCUT2D eigenvalue weighted by atomic mass is 16.7. The number of alkyl carbamates (subject to hydrolysis) is 2. The van der Waals surface area contributed by atoms with Crippen LogP contribution in [0.5, 0.6) is 0 Å². The molecule has 4 N–H and O–H groups in total. The van der Waals surface area contributed by atoms with Gasteiger partial charge in [0.05, 0.1) is 13.7 Å². The van der Waals surface area contributed by atoms with Crippen LogP contribution in [0.1, 0.15) is 52.2 Å². The van der Waals surface area contributed by atoms with Crippen molar-refractivity contribution in [3.63, 3.8) is 0 Å². The Labute approximate surface area is 270 Å². The number of carbonyl (C=O) groups is 5. The fourth-order valence-electron chi connectivity index (χ4n) is 4.22. The van der Waals surface area contributed by atoms with Gasteiger partial charge in [0.2, 0.25) is 11.8 Å². The minimum absolute atomic E-state index is 0.0112. The van der Waals surface area contributed by atoms with Gasteiger partial charge in [-0.25, -0.2) is 14.7 Å². The SMILES string of the molecule is CON(C)C(=O)[C@H](CNC(=O)OC(C)(C)C)NC(=O)[C@H](Cc1ccccc1)NC(=O)[C@H](CC(C)C)NC(=O)OCc1ccccc1. The Bertz CT molecular complexity index is 1280. The van der Waals surface area contributed by atoms with E-state index in [9.17, 15) is 24.0 Å². The number of ether oxygens (including phenoxy) is 2. The van der Waals surface area contributed by atoms with Crippen molar-refractivity contribution >= 4 is 29.9 Å². The van der Waals surface area contributed by atoms with Crippen molar-refractivity contribution < 1.29 is 38.3 Å². The van der Waals surface area contributed by atoms with Crippen molar-refractivity contribution in [2.45, 2.75) is 77.8 Å². The van der Waals surface area contributed by atoms with Crippen LogP contribution >= 0.6 is 0 Å². The van der Waals surface area contributed by atoms with E-state index < -0.39 is 53.6 Å². The predicted molar refractivity (Wildman–Crippen MR) is 171 cm³/mol. The van der Waals surface area contributed by atoms with E-state index in [1.54, 1.807) is 45.0 Å².